The Morgan fingerprint density at radius 2 is 1.62 bits per heavy atom. The van der Waals surface area contributed by atoms with Crippen molar-refractivity contribution < 1.29 is 9.18 Å². The molecule has 1 amide bonds. The number of piperidine rings is 2. The number of halogens is 1. The third-order valence-electron chi connectivity index (χ3n) is 9.29. The number of benzene rings is 2. The van der Waals surface area contributed by atoms with E-state index >= 15 is 0 Å². The van der Waals surface area contributed by atoms with Gasteiger partial charge in [-0.15, -0.1) is 0 Å². The number of amides is 1. The zero-order chi connectivity index (χ0) is 27.6. The molecule has 0 saturated carbocycles. The summed E-state index contributed by atoms with van der Waals surface area (Å²) in [6, 6.07) is 16.0. The van der Waals surface area contributed by atoms with Crippen LogP contribution in [0.4, 0.5) is 4.39 Å². The van der Waals surface area contributed by atoms with Gasteiger partial charge in [0, 0.05) is 18.6 Å². The first-order chi connectivity index (χ1) is 18.7. The molecular weight excluding hydrogens is 487 g/mol. The molecular formula is C33H41FN4O. The Morgan fingerprint density at radius 3 is 2.23 bits per heavy atom. The maximum Gasteiger partial charge on any atom is 0.257 e. The van der Waals surface area contributed by atoms with Crippen LogP contribution in [0.3, 0.4) is 0 Å². The van der Waals surface area contributed by atoms with Crippen LogP contribution in [0.1, 0.15) is 77.0 Å². The fourth-order valence-electron chi connectivity index (χ4n) is 6.70. The Hall–Kier alpha value is -3.12. The number of nitrogens with zero attached hydrogens (tertiary/aromatic N) is 4. The lowest BCUT2D eigenvalue weighted by molar-refractivity contribution is 0.00880. The monoisotopic (exact) mass is 528 g/mol. The van der Waals surface area contributed by atoms with E-state index < -0.39 is 0 Å². The number of carbonyl (C=O) groups is 1. The van der Waals surface area contributed by atoms with Crippen molar-refractivity contribution in [3.63, 3.8) is 0 Å². The summed E-state index contributed by atoms with van der Waals surface area (Å²) in [4.78, 5) is 26.4. The molecule has 2 aliphatic rings. The summed E-state index contributed by atoms with van der Waals surface area (Å²) in [7, 11) is 0. The lowest BCUT2D eigenvalue weighted by atomic mass is 9.75. The van der Waals surface area contributed by atoms with Gasteiger partial charge in [-0.1, -0.05) is 42.0 Å². The Balaban J connectivity index is 1.23. The van der Waals surface area contributed by atoms with E-state index in [0.29, 0.717) is 17.4 Å². The lowest BCUT2D eigenvalue weighted by Gasteiger charge is -2.50. The summed E-state index contributed by atoms with van der Waals surface area (Å²) in [6.45, 7) is 11.9. The predicted molar refractivity (Wildman–Crippen MR) is 153 cm³/mol. The van der Waals surface area contributed by atoms with Crippen molar-refractivity contribution in [2.24, 2.45) is 5.92 Å². The third-order valence-corrected chi connectivity index (χ3v) is 9.29. The molecule has 6 heteroatoms. The molecule has 2 saturated heterocycles. The van der Waals surface area contributed by atoms with Gasteiger partial charge in [-0.2, -0.15) is 0 Å². The van der Waals surface area contributed by atoms with Crippen molar-refractivity contribution in [3.05, 3.63) is 94.3 Å². The van der Waals surface area contributed by atoms with E-state index in [2.05, 4.69) is 59.0 Å². The van der Waals surface area contributed by atoms with Crippen LogP contribution in [0.5, 0.6) is 0 Å². The normalized spacial score (nSPS) is 19.2. The van der Waals surface area contributed by atoms with Gasteiger partial charge in [0.25, 0.3) is 5.91 Å². The fraction of sp³-hybridized carbons (Fsp3) is 0.485. The number of hydrogen-bond donors (Lipinski definition) is 0. The minimum absolute atomic E-state index is 0.0599. The Kier molecular flexibility index (Phi) is 8.13. The van der Waals surface area contributed by atoms with Crippen LogP contribution in [0.15, 0.2) is 54.9 Å². The van der Waals surface area contributed by atoms with Crippen molar-refractivity contribution in [1.82, 2.24) is 19.8 Å². The number of likely N-dealkylation sites (tertiary alicyclic amines) is 2. The van der Waals surface area contributed by atoms with Crippen molar-refractivity contribution in [2.75, 3.05) is 26.2 Å². The van der Waals surface area contributed by atoms with Crippen LogP contribution < -0.4 is 0 Å². The zero-order valence-corrected chi connectivity index (χ0v) is 23.8. The first-order valence-electron chi connectivity index (χ1n) is 14.4. The number of rotatable bonds is 6. The first-order valence-corrected chi connectivity index (χ1v) is 14.4. The summed E-state index contributed by atoms with van der Waals surface area (Å²) in [6.07, 6.45) is 6.60. The Labute approximate surface area is 232 Å². The lowest BCUT2D eigenvalue weighted by Crippen LogP contribution is -2.56. The van der Waals surface area contributed by atoms with Crippen LogP contribution in [0.2, 0.25) is 0 Å². The van der Waals surface area contributed by atoms with Gasteiger partial charge in [-0.05, 0) is 108 Å². The topological polar surface area (TPSA) is 49.3 Å². The molecule has 0 spiro atoms. The summed E-state index contributed by atoms with van der Waals surface area (Å²) < 4.78 is 14.0. The highest BCUT2D eigenvalue weighted by molar-refractivity contribution is 5.96. The fourth-order valence-corrected chi connectivity index (χ4v) is 6.70. The van der Waals surface area contributed by atoms with E-state index in [4.69, 9.17) is 0 Å². The molecule has 206 valence electrons. The van der Waals surface area contributed by atoms with Crippen LogP contribution in [0.25, 0.3) is 0 Å². The molecule has 1 aromatic heterocycles. The standard InChI is InChI=1S/C33H41FN4O/c1-23-8-10-27(11-9-23)30(21-26-6-5-7-29(34)20-26)28-12-16-38(17-13-28)33(4)14-18-37(19-15-33)32(39)31-24(2)35-22-36-25(31)3/h5-11,20,22,28,30H,12-19,21H2,1-4H3. The smallest absolute Gasteiger partial charge is 0.257 e. The van der Waals surface area contributed by atoms with Gasteiger partial charge in [-0.3, -0.25) is 9.69 Å². The Bertz CT molecular complexity index is 1270. The molecule has 0 bridgehead atoms. The first kappa shape index (κ1) is 27.4. The average Bonchev–Trinajstić information content (AvgIpc) is 2.93. The number of aromatic nitrogens is 2. The summed E-state index contributed by atoms with van der Waals surface area (Å²) in [5.74, 6) is 0.834. The van der Waals surface area contributed by atoms with Crippen molar-refractivity contribution >= 4 is 5.91 Å². The van der Waals surface area contributed by atoms with Gasteiger partial charge in [0.15, 0.2) is 0 Å². The minimum Gasteiger partial charge on any atom is -0.338 e. The van der Waals surface area contributed by atoms with E-state index in [1.54, 1.807) is 6.07 Å². The summed E-state index contributed by atoms with van der Waals surface area (Å²) >= 11 is 0. The molecule has 3 heterocycles. The van der Waals surface area contributed by atoms with Crippen molar-refractivity contribution in [1.29, 1.82) is 0 Å². The van der Waals surface area contributed by atoms with Gasteiger partial charge in [-0.25, -0.2) is 14.4 Å². The highest BCUT2D eigenvalue weighted by Crippen LogP contribution is 2.39. The van der Waals surface area contributed by atoms with Gasteiger partial charge >= 0.3 is 0 Å². The van der Waals surface area contributed by atoms with E-state index in [0.717, 1.165) is 75.2 Å². The molecule has 2 aliphatic heterocycles. The van der Waals surface area contributed by atoms with Crippen molar-refractivity contribution in [2.45, 2.75) is 71.3 Å². The molecule has 5 nitrogen and oxygen atoms in total. The van der Waals surface area contributed by atoms with Gasteiger partial charge < -0.3 is 4.90 Å². The van der Waals surface area contributed by atoms with Crippen LogP contribution >= 0.6 is 0 Å². The zero-order valence-electron chi connectivity index (χ0n) is 23.8. The van der Waals surface area contributed by atoms with Crippen LogP contribution in [0, 0.1) is 32.5 Å². The second-order valence-corrected chi connectivity index (χ2v) is 11.9. The molecule has 1 unspecified atom stereocenters. The maximum atomic E-state index is 14.0. The van der Waals surface area contributed by atoms with E-state index in [1.165, 1.54) is 23.5 Å². The summed E-state index contributed by atoms with van der Waals surface area (Å²) in [5.41, 5.74) is 5.95. The number of aryl methyl sites for hydroxylation is 3. The highest BCUT2D eigenvalue weighted by atomic mass is 19.1. The molecule has 1 atom stereocenters. The number of hydrogen-bond acceptors (Lipinski definition) is 4. The van der Waals surface area contributed by atoms with E-state index in [9.17, 15) is 9.18 Å². The molecule has 2 aromatic carbocycles. The van der Waals surface area contributed by atoms with E-state index in [-0.39, 0.29) is 17.3 Å². The van der Waals surface area contributed by atoms with Gasteiger partial charge in [0.2, 0.25) is 0 Å². The largest absolute Gasteiger partial charge is 0.338 e. The molecule has 0 radical (unpaired) electrons. The molecule has 0 N–H and O–H groups in total. The molecule has 3 aromatic rings. The molecule has 2 fully saturated rings. The van der Waals surface area contributed by atoms with Gasteiger partial charge in [0.05, 0.1) is 17.0 Å². The van der Waals surface area contributed by atoms with Gasteiger partial charge in [0.1, 0.15) is 12.1 Å². The quantitative estimate of drug-likeness (QED) is 0.378. The molecule has 0 aliphatic carbocycles. The predicted octanol–water partition coefficient (Wildman–Crippen LogP) is 6.27. The van der Waals surface area contributed by atoms with Crippen LogP contribution in [-0.4, -0.2) is 57.4 Å². The van der Waals surface area contributed by atoms with Crippen LogP contribution in [-0.2, 0) is 6.42 Å². The maximum absolute atomic E-state index is 14.0. The minimum atomic E-state index is -0.159. The molecule has 5 rings (SSSR count). The van der Waals surface area contributed by atoms with Crippen molar-refractivity contribution in [3.8, 4) is 0 Å². The SMILES string of the molecule is Cc1ccc(C(Cc2cccc(F)c2)C2CCN(C3(C)CCN(C(=O)c4c(C)ncnc4C)CC3)CC2)cc1. The average molecular weight is 529 g/mol. The van der Waals surface area contributed by atoms with E-state index in [1.807, 2.05) is 24.8 Å². The number of carbonyl (C=O) groups excluding carboxylic acids is 1. The Morgan fingerprint density at radius 1 is 0.974 bits per heavy atom. The second-order valence-electron chi connectivity index (χ2n) is 11.9. The third kappa shape index (κ3) is 6.06. The molecule has 39 heavy (non-hydrogen) atoms. The summed E-state index contributed by atoms with van der Waals surface area (Å²) in [5, 5.41) is 0. The second kappa shape index (κ2) is 11.5. The highest BCUT2D eigenvalue weighted by Gasteiger charge is 2.40.